The summed E-state index contributed by atoms with van der Waals surface area (Å²) in [7, 11) is 0. The quantitative estimate of drug-likeness (QED) is 0.227. The number of rotatable bonds is 9. The number of thiazole rings is 1. The fraction of sp³-hybridized carbons (Fsp3) is 0.242. The largest absolute Gasteiger partial charge is 0.492 e. The van der Waals surface area contributed by atoms with Gasteiger partial charge in [-0.15, -0.1) is 0 Å². The molecule has 0 spiro atoms. The molecule has 1 atom stereocenters. The van der Waals surface area contributed by atoms with Crippen LogP contribution in [0.1, 0.15) is 50.4 Å². The van der Waals surface area contributed by atoms with E-state index >= 15 is 0 Å². The summed E-state index contributed by atoms with van der Waals surface area (Å²) in [5.41, 5.74) is 2.72. The number of halogens is 1. The van der Waals surface area contributed by atoms with E-state index in [1.807, 2.05) is 81.4 Å². The number of ether oxygens (including phenoxy) is 3. The number of hydrogen-bond acceptors (Lipinski definition) is 7. The molecule has 0 N–H and O–H groups in total. The summed E-state index contributed by atoms with van der Waals surface area (Å²) in [5, 5.41) is 0.455. The lowest BCUT2D eigenvalue weighted by Crippen LogP contribution is -2.40. The molecule has 7 nitrogen and oxygen atoms in total. The van der Waals surface area contributed by atoms with Crippen LogP contribution in [-0.2, 0) is 9.53 Å². The Morgan fingerprint density at radius 3 is 2.43 bits per heavy atom. The van der Waals surface area contributed by atoms with Crippen LogP contribution in [0.2, 0.25) is 5.02 Å². The van der Waals surface area contributed by atoms with Crippen molar-refractivity contribution in [3.05, 3.63) is 120 Å². The Kier molecular flexibility index (Phi) is 8.94. The Bertz CT molecular complexity index is 1810. The smallest absolute Gasteiger partial charge is 0.338 e. The highest BCUT2D eigenvalue weighted by atomic mass is 35.5. The highest BCUT2D eigenvalue weighted by molar-refractivity contribution is 7.07. The van der Waals surface area contributed by atoms with E-state index in [-0.39, 0.29) is 18.3 Å². The number of aromatic nitrogens is 1. The average Bonchev–Trinajstić information content (AvgIpc) is 3.28. The Balaban J connectivity index is 1.75. The molecule has 5 rings (SSSR count). The summed E-state index contributed by atoms with van der Waals surface area (Å²) in [6, 6.07) is 21.5. The molecule has 0 bridgehead atoms. The van der Waals surface area contributed by atoms with Gasteiger partial charge in [0.2, 0.25) is 0 Å². The normalized spacial score (nSPS) is 14.9. The van der Waals surface area contributed by atoms with Crippen LogP contribution in [0.3, 0.4) is 0 Å². The fourth-order valence-corrected chi connectivity index (χ4v) is 6.03. The van der Waals surface area contributed by atoms with E-state index in [0.717, 1.165) is 16.7 Å². The molecule has 216 valence electrons. The van der Waals surface area contributed by atoms with Gasteiger partial charge in [0.15, 0.2) is 4.80 Å². The van der Waals surface area contributed by atoms with Crippen LogP contribution < -0.4 is 24.4 Å². The molecule has 9 heteroatoms. The number of esters is 1. The molecule has 0 fully saturated rings. The average molecular weight is 603 g/mol. The molecule has 42 heavy (non-hydrogen) atoms. The van der Waals surface area contributed by atoms with Crippen LogP contribution >= 0.6 is 22.9 Å². The van der Waals surface area contributed by atoms with E-state index in [1.165, 1.54) is 11.3 Å². The van der Waals surface area contributed by atoms with Crippen LogP contribution in [0.15, 0.2) is 88.2 Å². The van der Waals surface area contributed by atoms with Crippen LogP contribution in [-0.4, -0.2) is 29.9 Å². The first-order valence-electron chi connectivity index (χ1n) is 13.8. The third kappa shape index (κ3) is 6.05. The fourth-order valence-electron chi connectivity index (χ4n) is 4.79. The summed E-state index contributed by atoms with van der Waals surface area (Å²) in [4.78, 5) is 33.0. The maximum atomic E-state index is 14.1. The van der Waals surface area contributed by atoms with Crippen LogP contribution in [0.4, 0.5) is 0 Å². The highest BCUT2D eigenvalue weighted by Crippen LogP contribution is 2.36. The van der Waals surface area contributed by atoms with Crippen molar-refractivity contribution in [1.29, 1.82) is 0 Å². The Morgan fingerprint density at radius 1 is 1.05 bits per heavy atom. The molecule has 3 aromatic carbocycles. The molecule has 1 aliphatic rings. The summed E-state index contributed by atoms with van der Waals surface area (Å²) in [5.74, 6) is 0.743. The van der Waals surface area contributed by atoms with Gasteiger partial charge in [0, 0.05) is 5.56 Å². The number of nitrogens with zero attached hydrogens (tertiary/aromatic N) is 2. The van der Waals surface area contributed by atoms with Crippen molar-refractivity contribution in [1.82, 2.24) is 4.57 Å². The summed E-state index contributed by atoms with van der Waals surface area (Å²) < 4.78 is 19.0. The second-order valence-corrected chi connectivity index (χ2v) is 11.2. The van der Waals surface area contributed by atoms with Crippen molar-refractivity contribution >= 4 is 40.7 Å². The number of fused-ring (bicyclic) bond motifs is 1. The van der Waals surface area contributed by atoms with E-state index in [4.69, 9.17) is 30.8 Å². The molecule has 0 saturated heterocycles. The first-order chi connectivity index (χ1) is 20.3. The summed E-state index contributed by atoms with van der Waals surface area (Å²) in [6.07, 6.45) is 1.78. The predicted molar refractivity (Wildman–Crippen MR) is 166 cm³/mol. The van der Waals surface area contributed by atoms with E-state index in [9.17, 15) is 9.59 Å². The lowest BCUT2D eigenvalue weighted by atomic mass is 9.93. The van der Waals surface area contributed by atoms with Gasteiger partial charge in [-0.2, -0.15) is 0 Å². The Morgan fingerprint density at radius 2 is 1.79 bits per heavy atom. The van der Waals surface area contributed by atoms with Crippen molar-refractivity contribution in [3.8, 4) is 11.5 Å². The highest BCUT2D eigenvalue weighted by Gasteiger charge is 2.35. The Hall–Kier alpha value is -4.14. The van der Waals surface area contributed by atoms with Crippen LogP contribution in [0.25, 0.3) is 11.8 Å². The molecule has 0 amide bonds. The van der Waals surface area contributed by atoms with Gasteiger partial charge >= 0.3 is 5.97 Å². The van der Waals surface area contributed by atoms with Gasteiger partial charge in [-0.1, -0.05) is 71.5 Å². The van der Waals surface area contributed by atoms with Crippen molar-refractivity contribution in [2.24, 2.45) is 4.99 Å². The van der Waals surface area contributed by atoms with E-state index in [2.05, 4.69) is 0 Å². The zero-order valence-corrected chi connectivity index (χ0v) is 25.4. The van der Waals surface area contributed by atoms with E-state index < -0.39 is 12.0 Å². The van der Waals surface area contributed by atoms with E-state index in [1.54, 1.807) is 29.7 Å². The zero-order valence-electron chi connectivity index (χ0n) is 23.8. The molecular weight excluding hydrogens is 572 g/mol. The van der Waals surface area contributed by atoms with Crippen molar-refractivity contribution in [2.45, 2.75) is 39.8 Å². The molecule has 1 aromatic heterocycles. The molecule has 0 radical (unpaired) electrons. The summed E-state index contributed by atoms with van der Waals surface area (Å²) >= 11 is 7.68. The molecule has 0 saturated carbocycles. The van der Waals surface area contributed by atoms with Gasteiger partial charge in [-0.05, 0) is 69.2 Å². The lowest BCUT2D eigenvalue weighted by molar-refractivity contribution is -0.138. The first-order valence-corrected chi connectivity index (χ1v) is 15.0. The second-order valence-electron chi connectivity index (χ2n) is 9.79. The molecule has 2 heterocycles. The second kappa shape index (κ2) is 12.8. The number of carbonyl (C=O) groups excluding carboxylic acids is 1. The van der Waals surface area contributed by atoms with Gasteiger partial charge < -0.3 is 14.2 Å². The maximum Gasteiger partial charge on any atom is 0.338 e. The third-order valence-corrected chi connectivity index (χ3v) is 7.77. The monoisotopic (exact) mass is 602 g/mol. The SMILES string of the molecule is CCOC(=O)C1=C(c2ccccc2)N=c2s/c(=C\c3ccc(OCC)c(Cl)c3)c(=O)n2[C@@H]1c1ccc(OC(C)C)cc1. The van der Waals surface area contributed by atoms with Crippen LogP contribution in [0, 0.1) is 0 Å². The molecular formula is C33H31ClN2O5S. The number of benzene rings is 3. The van der Waals surface area contributed by atoms with Crippen LogP contribution in [0.5, 0.6) is 11.5 Å². The number of carbonyl (C=O) groups is 1. The van der Waals surface area contributed by atoms with Gasteiger partial charge in [0.05, 0.1) is 46.2 Å². The summed E-state index contributed by atoms with van der Waals surface area (Å²) in [6.45, 7) is 8.23. The topological polar surface area (TPSA) is 79.1 Å². The molecule has 4 aromatic rings. The minimum atomic E-state index is -0.769. The maximum absolute atomic E-state index is 14.1. The minimum absolute atomic E-state index is 0.00398. The number of hydrogen-bond donors (Lipinski definition) is 0. The third-order valence-electron chi connectivity index (χ3n) is 6.49. The lowest BCUT2D eigenvalue weighted by Gasteiger charge is -2.26. The molecule has 1 aliphatic heterocycles. The Labute approximate surface area is 253 Å². The standard InChI is InChI=1S/C33H31ClN2O5S/c1-5-39-26-17-12-21(18-25(26)34)19-27-31(37)36-30(23-13-15-24(16-14-23)41-20(3)4)28(32(38)40-6-2)29(35-33(36)42-27)22-10-8-7-9-11-22/h7-20,30H,5-6H2,1-4H3/b27-19-/t30-/m1/s1. The first kappa shape index (κ1) is 29.4. The van der Waals surface area contributed by atoms with Gasteiger partial charge in [0.25, 0.3) is 5.56 Å². The van der Waals surface area contributed by atoms with Crippen molar-refractivity contribution < 1.29 is 19.0 Å². The zero-order chi connectivity index (χ0) is 29.8. The van der Waals surface area contributed by atoms with Gasteiger partial charge in [-0.3, -0.25) is 9.36 Å². The van der Waals surface area contributed by atoms with E-state index in [0.29, 0.717) is 43.7 Å². The van der Waals surface area contributed by atoms with Crippen molar-refractivity contribution in [2.75, 3.05) is 13.2 Å². The van der Waals surface area contributed by atoms with Gasteiger partial charge in [0.1, 0.15) is 11.5 Å². The molecule has 0 unspecified atom stereocenters. The molecule has 0 aliphatic carbocycles. The van der Waals surface area contributed by atoms with Crippen molar-refractivity contribution in [3.63, 3.8) is 0 Å². The van der Waals surface area contributed by atoms with Gasteiger partial charge in [-0.25, -0.2) is 9.79 Å². The predicted octanol–water partition coefficient (Wildman–Crippen LogP) is 5.77. The minimum Gasteiger partial charge on any atom is -0.492 e.